The van der Waals surface area contributed by atoms with Gasteiger partial charge in [0.25, 0.3) is 5.91 Å². The Kier molecular flexibility index (Phi) is 6.52. The van der Waals surface area contributed by atoms with Crippen LogP contribution in [0.4, 0.5) is 0 Å². The number of aliphatic carboxylic acids is 1. The van der Waals surface area contributed by atoms with Gasteiger partial charge >= 0.3 is 0 Å². The number of nitrogens with zero attached hydrogens (tertiary/aromatic N) is 1. The number of aliphatic hydroxyl groups is 1. The van der Waals surface area contributed by atoms with Crippen molar-refractivity contribution in [3.8, 4) is 0 Å². The number of carbonyl (C=O) groups excluding carboxylic acids is 2. The molecule has 0 aliphatic heterocycles. The molecule has 2 atom stereocenters. The van der Waals surface area contributed by atoms with Gasteiger partial charge in [0.15, 0.2) is 6.10 Å². The van der Waals surface area contributed by atoms with E-state index in [4.69, 9.17) is 0 Å². The molecule has 0 radical (unpaired) electrons. The van der Waals surface area contributed by atoms with Crippen LogP contribution in [-0.4, -0.2) is 55.2 Å². The molecule has 0 spiro atoms. The first-order chi connectivity index (χ1) is 10.2. The minimum atomic E-state index is -1.21. The van der Waals surface area contributed by atoms with Crippen molar-refractivity contribution < 1.29 is 24.3 Å². The summed E-state index contributed by atoms with van der Waals surface area (Å²) in [7, 11) is 5.37. The Morgan fingerprint density at radius 1 is 1.23 bits per heavy atom. The number of rotatable bonds is 8. The van der Waals surface area contributed by atoms with Gasteiger partial charge in [-0.1, -0.05) is 30.3 Å². The summed E-state index contributed by atoms with van der Waals surface area (Å²) in [5.74, 6) is -1.58. The molecule has 6 nitrogen and oxygen atoms in total. The molecular formula is C16H24N2O4. The van der Waals surface area contributed by atoms with Crippen LogP contribution in [0.1, 0.15) is 24.5 Å². The molecule has 0 bridgehead atoms. The highest BCUT2D eigenvalue weighted by Gasteiger charge is 2.24. The van der Waals surface area contributed by atoms with Crippen LogP contribution in [0.25, 0.3) is 0 Å². The normalized spacial score (nSPS) is 14.2. The van der Waals surface area contributed by atoms with E-state index >= 15 is 0 Å². The van der Waals surface area contributed by atoms with Crippen molar-refractivity contribution in [1.29, 1.82) is 0 Å². The summed E-state index contributed by atoms with van der Waals surface area (Å²) in [6.07, 6.45) is -0.314. The number of amides is 1. The molecule has 0 fully saturated rings. The van der Waals surface area contributed by atoms with Gasteiger partial charge in [-0.05, 0) is 12.0 Å². The largest absolute Gasteiger partial charge is 0.544 e. The number of carbonyl (C=O) groups is 2. The maximum Gasteiger partial charge on any atom is 0.253 e. The van der Waals surface area contributed by atoms with Gasteiger partial charge < -0.3 is 24.8 Å². The number of benzene rings is 1. The summed E-state index contributed by atoms with van der Waals surface area (Å²) in [5.41, 5.74) is 0.527. The fraction of sp³-hybridized carbons (Fsp3) is 0.500. The highest BCUT2D eigenvalue weighted by molar-refractivity contribution is 5.81. The van der Waals surface area contributed by atoms with Gasteiger partial charge in [0.05, 0.1) is 27.1 Å². The quantitative estimate of drug-likeness (QED) is 0.498. The van der Waals surface area contributed by atoms with Crippen LogP contribution in [0, 0.1) is 0 Å². The Morgan fingerprint density at radius 3 is 2.32 bits per heavy atom. The lowest BCUT2D eigenvalue weighted by atomic mass is 10.1. The van der Waals surface area contributed by atoms with Gasteiger partial charge in [0.2, 0.25) is 0 Å². The molecule has 122 valence electrons. The van der Waals surface area contributed by atoms with E-state index in [0.717, 1.165) is 0 Å². The first-order valence-corrected chi connectivity index (χ1v) is 7.26. The molecule has 0 aromatic heterocycles. The van der Waals surface area contributed by atoms with Gasteiger partial charge in [-0.3, -0.25) is 4.79 Å². The Hall–Kier alpha value is -1.92. The first-order valence-electron chi connectivity index (χ1n) is 7.26. The Bertz CT molecular complexity index is 497. The van der Waals surface area contributed by atoms with E-state index < -0.39 is 24.0 Å². The maximum absolute atomic E-state index is 11.8. The molecule has 1 rings (SSSR count). The summed E-state index contributed by atoms with van der Waals surface area (Å²) in [5, 5.41) is 23.6. The van der Waals surface area contributed by atoms with Crippen molar-refractivity contribution in [3.63, 3.8) is 0 Å². The smallest absolute Gasteiger partial charge is 0.253 e. The van der Waals surface area contributed by atoms with E-state index in [1.165, 1.54) is 0 Å². The van der Waals surface area contributed by atoms with Gasteiger partial charge in [-0.2, -0.15) is 0 Å². The molecule has 2 unspecified atom stereocenters. The van der Waals surface area contributed by atoms with E-state index in [2.05, 4.69) is 5.32 Å². The second kappa shape index (κ2) is 7.91. The van der Waals surface area contributed by atoms with Crippen molar-refractivity contribution in [3.05, 3.63) is 35.9 Å². The zero-order valence-corrected chi connectivity index (χ0v) is 13.3. The third kappa shape index (κ3) is 5.46. The third-order valence-electron chi connectivity index (χ3n) is 3.52. The molecule has 22 heavy (non-hydrogen) atoms. The Balaban J connectivity index is 2.41. The fourth-order valence-corrected chi connectivity index (χ4v) is 2.21. The van der Waals surface area contributed by atoms with Crippen LogP contribution < -0.4 is 10.4 Å². The van der Waals surface area contributed by atoms with Crippen LogP contribution in [0.3, 0.4) is 0 Å². The number of carboxylic acid groups (broad SMARTS) is 1. The SMILES string of the molecule is C[N+](C)(C)C(CCCNC(=O)C(O)c1ccccc1)C(=O)[O-]. The van der Waals surface area contributed by atoms with Crippen molar-refractivity contribution in [2.24, 2.45) is 0 Å². The van der Waals surface area contributed by atoms with Crippen LogP contribution in [0.2, 0.25) is 0 Å². The molecule has 6 heteroatoms. The van der Waals surface area contributed by atoms with Gasteiger partial charge in [-0.15, -0.1) is 0 Å². The minimum absolute atomic E-state index is 0.267. The van der Waals surface area contributed by atoms with Crippen LogP contribution in [-0.2, 0) is 9.59 Å². The second-order valence-electron chi connectivity index (χ2n) is 6.20. The molecular weight excluding hydrogens is 284 g/mol. The molecule has 1 aromatic carbocycles. The molecule has 1 amide bonds. The average molecular weight is 308 g/mol. The van der Waals surface area contributed by atoms with E-state index in [0.29, 0.717) is 24.9 Å². The number of hydrogen-bond acceptors (Lipinski definition) is 4. The molecule has 0 heterocycles. The number of likely N-dealkylation sites (N-methyl/N-ethyl adjacent to an activating group) is 1. The predicted octanol–water partition coefficient (Wildman–Crippen LogP) is -0.559. The second-order valence-corrected chi connectivity index (χ2v) is 6.20. The average Bonchev–Trinajstić information content (AvgIpc) is 2.45. The highest BCUT2D eigenvalue weighted by atomic mass is 16.4. The Labute approximate surface area is 131 Å². The van der Waals surface area contributed by atoms with E-state index in [1.54, 1.807) is 51.5 Å². The first kappa shape index (κ1) is 18.1. The summed E-state index contributed by atoms with van der Waals surface area (Å²) in [6.45, 7) is 0.312. The van der Waals surface area contributed by atoms with Gasteiger partial charge in [0, 0.05) is 13.0 Å². The van der Waals surface area contributed by atoms with Crippen molar-refractivity contribution in [2.45, 2.75) is 25.0 Å². The molecule has 0 aliphatic carbocycles. The highest BCUT2D eigenvalue weighted by Crippen LogP contribution is 2.12. The molecule has 0 saturated heterocycles. The van der Waals surface area contributed by atoms with E-state index in [-0.39, 0.29) is 4.48 Å². The number of aliphatic hydroxyl groups excluding tert-OH is 1. The molecule has 0 saturated carbocycles. The lowest BCUT2D eigenvalue weighted by molar-refractivity contribution is -0.889. The number of quaternary nitrogens is 1. The monoisotopic (exact) mass is 308 g/mol. The number of carboxylic acids is 1. The minimum Gasteiger partial charge on any atom is -0.544 e. The summed E-state index contributed by atoms with van der Waals surface area (Å²) in [4.78, 5) is 22.9. The molecule has 1 aromatic rings. The Morgan fingerprint density at radius 2 is 1.82 bits per heavy atom. The summed E-state index contributed by atoms with van der Waals surface area (Å²) >= 11 is 0. The lowest BCUT2D eigenvalue weighted by Crippen LogP contribution is -2.54. The molecule has 2 N–H and O–H groups in total. The number of nitrogens with one attached hydrogen (secondary N) is 1. The van der Waals surface area contributed by atoms with Gasteiger partial charge in [0.1, 0.15) is 6.04 Å². The number of hydrogen-bond donors (Lipinski definition) is 2. The summed E-state index contributed by atoms with van der Waals surface area (Å²) < 4.78 is 0.267. The van der Waals surface area contributed by atoms with Crippen LogP contribution in [0.15, 0.2) is 30.3 Å². The predicted molar refractivity (Wildman–Crippen MR) is 80.5 cm³/mol. The van der Waals surface area contributed by atoms with Crippen LogP contribution >= 0.6 is 0 Å². The van der Waals surface area contributed by atoms with Crippen molar-refractivity contribution in [2.75, 3.05) is 27.7 Å². The van der Waals surface area contributed by atoms with Gasteiger partial charge in [-0.25, -0.2) is 0 Å². The summed E-state index contributed by atoms with van der Waals surface area (Å²) in [6, 6.07) is 8.02. The van der Waals surface area contributed by atoms with Crippen molar-refractivity contribution in [1.82, 2.24) is 5.32 Å². The standard InChI is InChI=1S/C16H24N2O4/c1-18(2,3)13(16(21)22)10-7-11-17-15(20)14(19)12-8-5-4-6-9-12/h4-6,8-9,13-14,19H,7,10-11H2,1-3H3,(H-,17,20,21,22). The zero-order valence-electron chi connectivity index (χ0n) is 13.3. The third-order valence-corrected chi connectivity index (χ3v) is 3.52. The van der Waals surface area contributed by atoms with Crippen molar-refractivity contribution >= 4 is 11.9 Å². The molecule has 0 aliphatic rings. The van der Waals surface area contributed by atoms with Crippen LogP contribution in [0.5, 0.6) is 0 Å². The fourth-order valence-electron chi connectivity index (χ4n) is 2.21. The maximum atomic E-state index is 11.8. The van der Waals surface area contributed by atoms with E-state index in [9.17, 15) is 19.8 Å². The lowest BCUT2D eigenvalue weighted by Gasteiger charge is -2.34. The zero-order chi connectivity index (χ0) is 16.8. The van der Waals surface area contributed by atoms with E-state index in [1.807, 2.05) is 0 Å². The topological polar surface area (TPSA) is 89.5 Å².